The molecule has 1 aromatic heterocycles. The molecule has 0 fully saturated rings. The number of imidazole rings is 1. The van der Waals surface area contributed by atoms with E-state index < -0.39 is 35.5 Å². The molecule has 0 aliphatic carbocycles. The molecular weight excluding hydrogens is 592 g/mol. The fourth-order valence-corrected chi connectivity index (χ4v) is 5.13. The first-order chi connectivity index (χ1) is 21.9. The Morgan fingerprint density at radius 1 is 0.935 bits per heavy atom. The van der Waals surface area contributed by atoms with Crippen LogP contribution in [0.1, 0.15) is 55.0 Å². The van der Waals surface area contributed by atoms with Gasteiger partial charge in [-0.3, -0.25) is 19.4 Å². The summed E-state index contributed by atoms with van der Waals surface area (Å²) in [5.41, 5.74) is 0.512. The maximum absolute atomic E-state index is 13.8. The van der Waals surface area contributed by atoms with E-state index in [-0.39, 0.29) is 54.8 Å². The number of nitrogens with one attached hydrogen (secondary N) is 1. The SMILES string of the molecule is CC1Cn2c(c(C(=O)O)n(-c3ccc(OCc4ccccc4)c(NC(=O)OCc4ccccc4)c3)c2=O)CN1C(=O)OC(C)(C)C. The zero-order chi connectivity index (χ0) is 33.0. The lowest BCUT2D eigenvalue weighted by Crippen LogP contribution is -2.48. The highest BCUT2D eigenvalue weighted by Gasteiger charge is 2.36. The lowest BCUT2D eigenvalue weighted by atomic mass is 10.1. The van der Waals surface area contributed by atoms with Gasteiger partial charge in [0.1, 0.15) is 24.6 Å². The van der Waals surface area contributed by atoms with Gasteiger partial charge in [-0.1, -0.05) is 60.7 Å². The Bertz CT molecular complexity index is 1790. The van der Waals surface area contributed by atoms with E-state index in [1.165, 1.54) is 21.6 Å². The van der Waals surface area contributed by atoms with Crippen molar-refractivity contribution >= 4 is 23.8 Å². The van der Waals surface area contributed by atoms with Crippen molar-refractivity contribution < 1.29 is 33.7 Å². The Hall–Kier alpha value is -5.52. The lowest BCUT2D eigenvalue weighted by Gasteiger charge is -2.35. The van der Waals surface area contributed by atoms with Crippen LogP contribution in [0.2, 0.25) is 0 Å². The first-order valence-electron chi connectivity index (χ1n) is 14.8. The highest BCUT2D eigenvalue weighted by Crippen LogP contribution is 2.31. The first kappa shape index (κ1) is 31.9. The second-order valence-corrected chi connectivity index (χ2v) is 11.9. The Morgan fingerprint density at radius 2 is 1.57 bits per heavy atom. The lowest BCUT2D eigenvalue weighted by molar-refractivity contribution is 0.00936. The highest BCUT2D eigenvalue weighted by atomic mass is 16.6. The standard InChI is InChI=1S/C34H36N4O8/c1-22-18-37-27(19-36(22)33(43)46-34(2,3)4)29(30(39)40)38(32(37)42)25-15-16-28(44-20-23-11-7-5-8-12-23)26(17-25)35-31(41)45-21-24-13-9-6-10-14-24/h5-17,22H,18-21H2,1-4H3,(H,35,41)(H,39,40). The zero-order valence-corrected chi connectivity index (χ0v) is 26.1. The van der Waals surface area contributed by atoms with Gasteiger partial charge in [0.15, 0.2) is 5.69 Å². The maximum atomic E-state index is 13.8. The molecule has 1 atom stereocenters. The van der Waals surface area contributed by atoms with E-state index in [0.717, 1.165) is 15.7 Å². The Kier molecular flexibility index (Phi) is 9.17. The van der Waals surface area contributed by atoms with E-state index in [1.807, 2.05) is 60.7 Å². The fraction of sp³-hybridized carbons (Fsp3) is 0.294. The van der Waals surface area contributed by atoms with Gasteiger partial charge in [-0.15, -0.1) is 0 Å². The summed E-state index contributed by atoms with van der Waals surface area (Å²) in [5, 5.41) is 13.0. The highest BCUT2D eigenvalue weighted by molar-refractivity contribution is 5.89. The number of ether oxygens (including phenoxy) is 3. The molecule has 1 aliphatic rings. The molecular formula is C34H36N4O8. The molecule has 4 aromatic rings. The number of carboxylic acid groups (broad SMARTS) is 1. The molecule has 0 radical (unpaired) electrons. The predicted molar refractivity (Wildman–Crippen MR) is 169 cm³/mol. The summed E-state index contributed by atoms with van der Waals surface area (Å²) in [6.07, 6.45) is -1.38. The molecule has 0 bridgehead atoms. The summed E-state index contributed by atoms with van der Waals surface area (Å²) in [4.78, 5) is 53.7. The van der Waals surface area contributed by atoms with Crippen molar-refractivity contribution in [3.05, 3.63) is 112 Å². The van der Waals surface area contributed by atoms with Crippen LogP contribution in [0.3, 0.4) is 0 Å². The predicted octanol–water partition coefficient (Wildman–Crippen LogP) is 5.80. The van der Waals surface area contributed by atoms with Crippen LogP contribution in [0.5, 0.6) is 5.75 Å². The number of fused-ring (bicyclic) bond motifs is 1. The number of aromatic nitrogens is 2. The minimum atomic E-state index is -1.36. The first-order valence-corrected chi connectivity index (χ1v) is 14.8. The number of rotatable bonds is 8. The Morgan fingerprint density at radius 3 is 2.17 bits per heavy atom. The average Bonchev–Trinajstić information content (AvgIpc) is 3.30. The van der Waals surface area contributed by atoms with Gasteiger partial charge in [-0.2, -0.15) is 0 Å². The number of carbonyl (C=O) groups excluding carboxylic acids is 2. The van der Waals surface area contributed by atoms with E-state index in [4.69, 9.17) is 14.2 Å². The molecule has 3 aromatic carbocycles. The van der Waals surface area contributed by atoms with Crippen molar-refractivity contribution in [1.29, 1.82) is 0 Å². The molecule has 5 rings (SSSR count). The third-order valence-electron chi connectivity index (χ3n) is 7.28. The molecule has 2 amide bonds. The Balaban J connectivity index is 1.50. The molecule has 0 spiro atoms. The number of anilines is 1. The normalized spacial score (nSPS) is 14.3. The second kappa shape index (κ2) is 13.2. The minimum Gasteiger partial charge on any atom is -0.487 e. The van der Waals surface area contributed by atoms with Crippen LogP contribution >= 0.6 is 0 Å². The number of hydrogen-bond acceptors (Lipinski definition) is 7. The maximum Gasteiger partial charge on any atom is 0.412 e. The van der Waals surface area contributed by atoms with E-state index in [9.17, 15) is 24.3 Å². The summed E-state index contributed by atoms with van der Waals surface area (Å²) < 4.78 is 19.4. The summed E-state index contributed by atoms with van der Waals surface area (Å²) in [7, 11) is 0. The topological polar surface area (TPSA) is 141 Å². The van der Waals surface area contributed by atoms with E-state index in [0.29, 0.717) is 0 Å². The van der Waals surface area contributed by atoms with Crippen LogP contribution < -0.4 is 15.7 Å². The second-order valence-electron chi connectivity index (χ2n) is 11.9. The molecule has 1 aliphatic heterocycles. The molecule has 240 valence electrons. The van der Waals surface area contributed by atoms with Gasteiger partial charge < -0.3 is 19.3 Å². The van der Waals surface area contributed by atoms with Crippen LogP contribution in [0.15, 0.2) is 83.7 Å². The number of benzene rings is 3. The van der Waals surface area contributed by atoms with Gasteiger partial charge >= 0.3 is 23.8 Å². The summed E-state index contributed by atoms with van der Waals surface area (Å²) in [6.45, 7) is 7.12. The van der Waals surface area contributed by atoms with Crippen LogP contribution in [0.4, 0.5) is 15.3 Å². The van der Waals surface area contributed by atoms with Crippen LogP contribution in [-0.4, -0.2) is 48.9 Å². The number of carbonyl (C=O) groups is 3. The molecule has 1 unspecified atom stereocenters. The van der Waals surface area contributed by atoms with E-state index >= 15 is 0 Å². The number of carboxylic acids is 1. The van der Waals surface area contributed by atoms with Crippen LogP contribution in [-0.2, 0) is 35.8 Å². The van der Waals surface area contributed by atoms with Crippen molar-refractivity contribution in [2.45, 2.75) is 65.6 Å². The van der Waals surface area contributed by atoms with Gasteiger partial charge in [0.25, 0.3) is 0 Å². The van der Waals surface area contributed by atoms with Gasteiger partial charge in [0, 0.05) is 6.54 Å². The number of nitrogens with zero attached hydrogens (tertiary/aromatic N) is 3. The van der Waals surface area contributed by atoms with Crippen LogP contribution in [0, 0.1) is 0 Å². The van der Waals surface area contributed by atoms with Gasteiger partial charge in [0.2, 0.25) is 0 Å². The zero-order valence-electron chi connectivity index (χ0n) is 26.1. The minimum absolute atomic E-state index is 0.0216. The monoisotopic (exact) mass is 628 g/mol. The van der Waals surface area contributed by atoms with Crippen molar-refractivity contribution in [2.24, 2.45) is 0 Å². The third kappa shape index (κ3) is 7.23. The third-order valence-corrected chi connectivity index (χ3v) is 7.28. The Labute approximate surface area is 265 Å². The molecule has 12 heteroatoms. The quantitative estimate of drug-likeness (QED) is 0.249. The van der Waals surface area contributed by atoms with Gasteiger partial charge in [-0.05, 0) is 57.0 Å². The van der Waals surface area contributed by atoms with Crippen molar-refractivity contribution in [1.82, 2.24) is 14.0 Å². The summed E-state index contributed by atoms with van der Waals surface area (Å²) in [6, 6.07) is 22.7. The molecule has 2 N–H and O–H groups in total. The largest absolute Gasteiger partial charge is 0.487 e. The van der Waals surface area contributed by atoms with Gasteiger partial charge in [-0.25, -0.2) is 19.2 Å². The number of aromatic carboxylic acids is 1. The summed E-state index contributed by atoms with van der Waals surface area (Å²) in [5.74, 6) is -1.08. The van der Waals surface area contributed by atoms with Crippen molar-refractivity contribution in [3.8, 4) is 11.4 Å². The number of amides is 2. The molecule has 46 heavy (non-hydrogen) atoms. The number of hydrogen-bond donors (Lipinski definition) is 2. The van der Waals surface area contributed by atoms with Gasteiger partial charge in [0.05, 0.1) is 29.7 Å². The molecule has 2 heterocycles. The average molecular weight is 629 g/mol. The molecule has 0 saturated carbocycles. The fourth-order valence-electron chi connectivity index (χ4n) is 5.13. The van der Waals surface area contributed by atoms with E-state index in [1.54, 1.807) is 33.8 Å². The van der Waals surface area contributed by atoms with E-state index in [2.05, 4.69) is 5.32 Å². The molecule has 0 saturated heterocycles. The smallest absolute Gasteiger partial charge is 0.412 e. The van der Waals surface area contributed by atoms with Crippen molar-refractivity contribution in [2.75, 3.05) is 5.32 Å². The molecule has 12 nitrogen and oxygen atoms in total. The summed E-state index contributed by atoms with van der Waals surface area (Å²) >= 11 is 0. The van der Waals surface area contributed by atoms with Crippen LogP contribution in [0.25, 0.3) is 5.69 Å². The van der Waals surface area contributed by atoms with Crippen molar-refractivity contribution in [3.63, 3.8) is 0 Å².